The molecule has 1 rings (SSSR count). The van der Waals surface area contributed by atoms with Crippen LogP contribution in [-0.2, 0) is 14.4 Å². The lowest BCUT2D eigenvalue weighted by molar-refractivity contribution is -0.149. The molecular weight excluding hydrogens is 260 g/mol. The molecule has 3 N–H and O–H groups in total. The van der Waals surface area contributed by atoms with Gasteiger partial charge in [-0.15, -0.1) is 0 Å². The Bertz CT molecular complexity index is 370. The molecule has 3 atom stereocenters. The lowest BCUT2D eigenvalue weighted by Crippen LogP contribution is -2.49. The zero-order valence-corrected chi connectivity index (χ0v) is 12.1. The van der Waals surface area contributed by atoms with Crippen LogP contribution in [0.5, 0.6) is 0 Å². The van der Waals surface area contributed by atoms with Crippen molar-refractivity contribution >= 4 is 17.8 Å². The Morgan fingerprint density at radius 2 is 1.80 bits per heavy atom. The van der Waals surface area contributed by atoms with Crippen LogP contribution in [0.25, 0.3) is 0 Å². The molecule has 0 bridgehead atoms. The molecule has 0 aromatic rings. The molecule has 0 aliphatic heterocycles. The number of aliphatic carboxylic acids is 1. The number of hydrogen-bond acceptors (Lipinski definition) is 3. The number of carboxylic acid groups (broad SMARTS) is 1. The molecular formula is C14H24N2O4. The van der Waals surface area contributed by atoms with Gasteiger partial charge in [-0.3, -0.25) is 14.4 Å². The Kier molecular flexibility index (Phi) is 6.48. The fraction of sp³-hybridized carbons (Fsp3) is 0.786. The Morgan fingerprint density at radius 1 is 1.20 bits per heavy atom. The van der Waals surface area contributed by atoms with E-state index in [1.165, 1.54) is 0 Å². The molecule has 0 radical (unpaired) electrons. The molecule has 20 heavy (non-hydrogen) atoms. The Hall–Kier alpha value is -1.59. The fourth-order valence-corrected chi connectivity index (χ4v) is 2.53. The normalized spacial score (nSPS) is 23.7. The van der Waals surface area contributed by atoms with Crippen molar-refractivity contribution in [2.24, 2.45) is 11.8 Å². The molecule has 0 aromatic heterocycles. The lowest BCUT2D eigenvalue weighted by atomic mass is 9.78. The first kappa shape index (κ1) is 16.5. The molecule has 6 nitrogen and oxygen atoms in total. The van der Waals surface area contributed by atoms with E-state index in [4.69, 9.17) is 5.11 Å². The summed E-state index contributed by atoms with van der Waals surface area (Å²) in [7, 11) is 0. The van der Waals surface area contributed by atoms with Crippen LogP contribution < -0.4 is 10.6 Å². The van der Waals surface area contributed by atoms with Crippen LogP contribution in [0.1, 0.15) is 46.0 Å². The first-order valence-corrected chi connectivity index (χ1v) is 7.28. The molecule has 1 aliphatic rings. The molecule has 114 valence electrons. The van der Waals surface area contributed by atoms with Gasteiger partial charge in [0.25, 0.3) is 0 Å². The van der Waals surface area contributed by atoms with Crippen LogP contribution >= 0.6 is 0 Å². The van der Waals surface area contributed by atoms with Crippen molar-refractivity contribution in [3.8, 4) is 0 Å². The summed E-state index contributed by atoms with van der Waals surface area (Å²) in [6, 6.07) is -0.634. The van der Waals surface area contributed by atoms with Crippen molar-refractivity contribution in [1.82, 2.24) is 10.6 Å². The van der Waals surface area contributed by atoms with Gasteiger partial charge in [0.05, 0.1) is 11.8 Å². The third kappa shape index (κ3) is 4.51. The zero-order valence-electron chi connectivity index (χ0n) is 12.1. The van der Waals surface area contributed by atoms with Gasteiger partial charge in [0.1, 0.15) is 6.04 Å². The predicted molar refractivity (Wildman–Crippen MR) is 74.0 cm³/mol. The van der Waals surface area contributed by atoms with E-state index in [-0.39, 0.29) is 11.8 Å². The average Bonchev–Trinajstić information content (AvgIpc) is 2.44. The van der Waals surface area contributed by atoms with Gasteiger partial charge < -0.3 is 15.7 Å². The third-order valence-electron chi connectivity index (χ3n) is 3.72. The highest BCUT2D eigenvalue weighted by Crippen LogP contribution is 2.30. The second-order valence-electron chi connectivity index (χ2n) is 5.36. The quantitative estimate of drug-likeness (QED) is 0.675. The SMILES string of the molecule is CCCNC(=O)C(C)NC(=O)[C@@H]1CCCC[C@@H]1C(=O)O. The van der Waals surface area contributed by atoms with E-state index in [1.54, 1.807) is 6.92 Å². The largest absolute Gasteiger partial charge is 0.481 e. The summed E-state index contributed by atoms with van der Waals surface area (Å²) in [5.74, 6) is -2.63. The summed E-state index contributed by atoms with van der Waals surface area (Å²) in [6.45, 7) is 4.13. The zero-order chi connectivity index (χ0) is 15.1. The van der Waals surface area contributed by atoms with E-state index in [2.05, 4.69) is 10.6 Å². The van der Waals surface area contributed by atoms with E-state index in [0.29, 0.717) is 19.4 Å². The number of hydrogen-bond donors (Lipinski definition) is 3. The number of carboxylic acids is 1. The summed E-state index contributed by atoms with van der Waals surface area (Å²) in [5.41, 5.74) is 0. The van der Waals surface area contributed by atoms with Crippen LogP contribution in [-0.4, -0.2) is 35.5 Å². The van der Waals surface area contributed by atoms with E-state index < -0.39 is 23.8 Å². The highest BCUT2D eigenvalue weighted by Gasteiger charge is 2.36. The van der Waals surface area contributed by atoms with Crippen molar-refractivity contribution in [3.63, 3.8) is 0 Å². The van der Waals surface area contributed by atoms with Crippen LogP contribution in [0.4, 0.5) is 0 Å². The molecule has 1 saturated carbocycles. The van der Waals surface area contributed by atoms with Gasteiger partial charge in [0.15, 0.2) is 0 Å². The highest BCUT2D eigenvalue weighted by molar-refractivity contribution is 5.90. The van der Waals surface area contributed by atoms with Crippen LogP contribution in [0, 0.1) is 11.8 Å². The maximum atomic E-state index is 12.1. The number of amides is 2. The van der Waals surface area contributed by atoms with E-state index >= 15 is 0 Å². The maximum Gasteiger partial charge on any atom is 0.307 e. The number of carbonyl (C=O) groups excluding carboxylic acids is 2. The molecule has 0 heterocycles. The average molecular weight is 284 g/mol. The first-order valence-electron chi connectivity index (χ1n) is 7.28. The maximum absolute atomic E-state index is 12.1. The molecule has 0 aromatic carbocycles. The second kappa shape index (κ2) is 7.87. The van der Waals surface area contributed by atoms with Gasteiger partial charge in [-0.25, -0.2) is 0 Å². The monoisotopic (exact) mass is 284 g/mol. The topological polar surface area (TPSA) is 95.5 Å². The van der Waals surface area contributed by atoms with Crippen molar-refractivity contribution in [3.05, 3.63) is 0 Å². The van der Waals surface area contributed by atoms with Crippen molar-refractivity contribution in [2.75, 3.05) is 6.54 Å². The van der Waals surface area contributed by atoms with Crippen LogP contribution in [0.3, 0.4) is 0 Å². The van der Waals surface area contributed by atoms with E-state index in [0.717, 1.165) is 19.3 Å². The third-order valence-corrected chi connectivity index (χ3v) is 3.72. The van der Waals surface area contributed by atoms with Gasteiger partial charge in [0, 0.05) is 6.54 Å². The Balaban J connectivity index is 2.55. The van der Waals surface area contributed by atoms with Crippen molar-refractivity contribution < 1.29 is 19.5 Å². The standard InChI is InChI=1S/C14H24N2O4/c1-3-8-15-12(17)9(2)16-13(18)10-6-4-5-7-11(10)14(19)20/h9-11H,3-8H2,1-2H3,(H,15,17)(H,16,18)(H,19,20)/t9?,10-,11+/m1/s1. The minimum absolute atomic E-state index is 0.233. The van der Waals surface area contributed by atoms with Crippen LogP contribution in [0.2, 0.25) is 0 Å². The number of rotatable bonds is 6. The predicted octanol–water partition coefficient (Wildman–Crippen LogP) is 0.908. The van der Waals surface area contributed by atoms with Gasteiger partial charge in [-0.2, -0.15) is 0 Å². The van der Waals surface area contributed by atoms with Gasteiger partial charge in [0.2, 0.25) is 11.8 Å². The molecule has 1 fully saturated rings. The molecule has 0 saturated heterocycles. The smallest absolute Gasteiger partial charge is 0.307 e. The molecule has 0 spiro atoms. The van der Waals surface area contributed by atoms with Crippen LogP contribution in [0.15, 0.2) is 0 Å². The molecule has 2 amide bonds. The lowest BCUT2D eigenvalue weighted by Gasteiger charge is -2.28. The minimum Gasteiger partial charge on any atom is -0.481 e. The minimum atomic E-state index is -0.923. The highest BCUT2D eigenvalue weighted by atomic mass is 16.4. The second-order valence-corrected chi connectivity index (χ2v) is 5.36. The van der Waals surface area contributed by atoms with Gasteiger partial charge in [-0.05, 0) is 26.2 Å². The van der Waals surface area contributed by atoms with E-state index in [1.807, 2.05) is 6.92 Å². The van der Waals surface area contributed by atoms with Crippen molar-refractivity contribution in [2.45, 2.75) is 52.0 Å². The van der Waals surface area contributed by atoms with Gasteiger partial charge >= 0.3 is 5.97 Å². The summed E-state index contributed by atoms with van der Waals surface area (Å²) >= 11 is 0. The summed E-state index contributed by atoms with van der Waals surface area (Å²) in [6.07, 6.45) is 3.64. The number of carbonyl (C=O) groups is 3. The molecule has 1 unspecified atom stereocenters. The summed E-state index contributed by atoms with van der Waals surface area (Å²) in [5, 5.41) is 14.5. The molecule has 1 aliphatic carbocycles. The van der Waals surface area contributed by atoms with E-state index in [9.17, 15) is 14.4 Å². The fourth-order valence-electron chi connectivity index (χ4n) is 2.53. The summed E-state index contributed by atoms with van der Waals surface area (Å²) < 4.78 is 0. The Morgan fingerprint density at radius 3 is 2.35 bits per heavy atom. The Labute approximate surface area is 119 Å². The number of nitrogens with one attached hydrogen (secondary N) is 2. The molecule has 6 heteroatoms. The van der Waals surface area contributed by atoms with Crippen molar-refractivity contribution in [1.29, 1.82) is 0 Å². The first-order chi connectivity index (χ1) is 9.47. The summed E-state index contributed by atoms with van der Waals surface area (Å²) in [4.78, 5) is 35.0. The van der Waals surface area contributed by atoms with Gasteiger partial charge in [-0.1, -0.05) is 19.8 Å².